The molecule has 0 bridgehead atoms. The lowest BCUT2D eigenvalue weighted by Crippen LogP contribution is -2.46. The highest BCUT2D eigenvalue weighted by Crippen LogP contribution is 2.26. The zero-order valence-corrected chi connectivity index (χ0v) is 12.1. The number of amides is 1. The molecular formula is C15H20ClFN2O. The minimum Gasteiger partial charge on any atom is -0.348 e. The van der Waals surface area contributed by atoms with Gasteiger partial charge in [-0.25, -0.2) is 4.39 Å². The van der Waals surface area contributed by atoms with E-state index in [-0.39, 0.29) is 17.0 Å². The van der Waals surface area contributed by atoms with E-state index in [2.05, 4.69) is 5.32 Å². The van der Waals surface area contributed by atoms with Crippen LogP contribution >= 0.6 is 11.6 Å². The summed E-state index contributed by atoms with van der Waals surface area (Å²) in [6, 6.07) is 3.75. The van der Waals surface area contributed by atoms with Crippen LogP contribution in [0.1, 0.15) is 42.5 Å². The van der Waals surface area contributed by atoms with Gasteiger partial charge in [0.15, 0.2) is 0 Å². The number of carbonyl (C=O) groups is 1. The van der Waals surface area contributed by atoms with Gasteiger partial charge in [-0.1, -0.05) is 30.9 Å². The van der Waals surface area contributed by atoms with Gasteiger partial charge in [-0.05, 0) is 37.0 Å². The Bertz CT molecular complexity index is 475. The Kier molecular flexibility index (Phi) is 5.38. The number of hydrogen-bond acceptors (Lipinski definition) is 2. The largest absolute Gasteiger partial charge is 0.348 e. The first kappa shape index (κ1) is 15.3. The first-order valence-corrected chi connectivity index (χ1v) is 7.45. The van der Waals surface area contributed by atoms with Crippen molar-refractivity contribution >= 4 is 17.5 Å². The number of nitrogens with one attached hydrogen (secondary N) is 1. The van der Waals surface area contributed by atoms with Crippen molar-refractivity contribution in [1.29, 1.82) is 0 Å². The van der Waals surface area contributed by atoms with Gasteiger partial charge in [0.05, 0.1) is 10.6 Å². The molecule has 0 heterocycles. The maximum atomic E-state index is 13.0. The molecule has 110 valence electrons. The smallest absolute Gasteiger partial charge is 0.253 e. The molecule has 0 aliphatic heterocycles. The van der Waals surface area contributed by atoms with Gasteiger partial charge in [0, 0.05) is 12.6 Å². The van der Waals surface area contributed by atoms with Crippen LogP contribution in [0.25, 0.3) is 0 Å². The Labute approximate surface area is 123 Å². The van der Waals surface area contributed by atoms with Crippen molar-refractivity contribution in [2.45, 2.75) is 38.1 Å². The van der Waals surface area contributed by atoms with Crippen molar-refractivity contribution in [3.63, 3.8) is 0 Å². The summed E-state index contributed by atoms with van der Waals surface area (Å²) in [5.74, 6) is -0.304. The second-order valence-corrected chi connectivity index (χ2v) is 5.75. The molecule has 1 amide bonds. The molecule has 0 radical (unpaired) electrons. The van der Waals surface area contributed by atoms with Crippen LogP contribution in [0.5, 0.6) is 0 Å². The highest BCUT2D eigenvalue weighted by atomic mass is 35.5. The average Bonchev–Trinajstić information content (AvgIpc) is 2.45. The van der Waals surface area contributed by atoms with Crippen LogP contribution < -0.4 is 11.1 Å². The molecule has 1 aromatic carbocycles. The second kappa shape index (κ2) is 7.04. The van der Waals surface area contributed by atoms with E-state index in [1.807, 2.05) is 0 Å². The van der Waals surface area contributed by atoms with Crippen molar-refractivity contribution in [3.05, 3.63) is 34.6 Å². The number of carbonyl (C=O) groups excluding carboxylic acids is 1. The lowest BCUT2D eigenvalue weighted by molar-refractivity contribution is 0.0915. The Morgan fingerprint density at radius 2 is 2.10 bits per heavy atom. The van der Waals surface area contributed by atoms with Gasteiger partial charge in [-0.2, -0.15) is 0 Å². The van der Waals surface area contributed by atoms with Gasteiger partial charge in [0.2, 0.25) is 0 Å². The molecule has 1 aromatic rings. The Morgan fingerprint density at radius 3 is 2.70 bits per heavy atom. The van der Waals surface area contributed by atoms with Crippen molar-refractivity contribution in [3.8, 4) is 0 Å². The Hall–Kier alpha value is -1.13. The monoisotopic (exact) mass is 298 g/mol. The van der Waals surface area contributed by atoms with E-state index in [1.54, 1.807) is 0 Å². The fourth-order valence-electron chi connectivity index (χ4n) is 2.83. The molecule has 3 N–H and O–H groups in total. The molecule has 20 heavy (non-hydrogen) atoms. The molecule has 0 aromatic heterocycles. The highest BCUT2D eigenvalue weighted by Gasteiger charge is 2.25. The molecule has 1 atom stereocenters. The predicted molar refractivity (Wildman–Crippen MR) is 78.3 cm³/mol. The van der Waals surface area contributed by atoms with Crippen LogP contribution in [-0.4, -0.2) is 18.5 Å². The van der Waals surface area contributed by atoms with Crippen LogP contribution in [0.3, 0.4) is 0 Å². The van der Waals surface area contributed by atoms with E-state index in [0.29, 0.717) is 18.0 Å². The van der Waals surface area contributed by atoms with Crippen molar-refractivity contribution in [1.82, 2.24) is 5.32 Å². The predicted octanol–water partition coefficient (Wildman–Crippen LogP) is 3.12. The first-order valence-electron chi connectivity index (χ1n) is 7.08. The summed E-state index contributed by atoms with van der Waals surface area (Å²) in [5.41, 5.74) is 6.08. The number of hydrogen-bond donors (Lipinski definition) is 2. The molecule has 1 unspecified atom stereocenters. The van der Waals surface area contributed by atoms with Crippen LogP contribution in [0, 0.1) is 11.7 Å². The first-order chi connectivity index (χ1) is 9.61. The fourth-order valence-corrected chi connectivity index (χ4v) is 3.08. The molecule has 5 heteroatoms. The molecule has 3 nitrogen and oxygen atoms in total. The molecule has 0 saturated heterocycles. The van der Waals surface area contributed by atoms with E-state index in [9.17, 15) is 9.18 Å². The van der Waals surface area contributed by atoms with Crippen LogP contribution in [0.2, 0.25) is 5.02 Å². The summed E-state index contributed by atoms with van der Waals surface area (Å²) in [6.45, 7) is 0.412. The standard InChI is InChI=1S/C15H20ClFN2O/c16-13-8-11(17)6-7-12(13)15(20)19-14(9-18)10-4-2-1-3-5-10/h6-8,10,14H,1-5,9,18H2,(H,19,20). The maximum absolute atomic E-state index is 13.0. The van der Waals surface area contributed by atoms with Gasteiger partial charge < -0.3 is 11.1 Å². The number of benzene rings is 1. The van der Waals surface area contributed by atoms with Gasteiger partial charge in [-0.3, -0.25) is 4.79 Å². The molecule has 2 rings (SSSR count). The van der Waals surface area contributed by atoms with E-state index < -0.39 is 5.82 Å². The minimum absolute atomic E-state index is 0.0380. The van der Waals surface area contributed by atoms with Crippen LogP contribution in [-0.2, 0) is 0 Å². The van der Waals surface area contributed by atoms with Crippen molar-refractivity contribution < 1.29 is 9.18 Å². The van der Waals surface area contributed by atoms with Gasteiger partial charge in [0.25, 0.3) is 5.91 Å². The van der Waals surface area contributed by atoms with E-state index in [1.165, 1.54) is 31.4 Å². The molecule has 1 aliphatic carbocycles. The highest BCUT2D eigenvalue weighted by molar-refractivity contribution is 6.33. The fraction of sp³-hybridized carbons (Fsp3) is 0.533. The number of nitrogens with two attached hydrogens (primary N) is 1. The molecule has 1 saturated carbocycles. The van der Waals surface area contributed by atoms with Crippen molar-refractivity contribution in [2.75, 3.05) is 6.54 Å². The summed E-state index contributed by atoms with van der Waals surface area (Å²) >= 11 is 5.90. The van der Waals surface area contributed by atoms with Crippen LogP contribution in [0.4, 0.5) is 4.39 Å². The minimum atomic E-state index is -0.450. The average molecular weight is 299 g/mol. The summed E-state index contributed by atoms with van der Waals surface area (Å²) in [4.78, 5) is 12.2. The van der Waals surface area contributed by atoms with Gasteiger partial charge in [-0.15, -0.1) is 0 Å². The maximum Gasteiger partial charge on any atom is 0.253 e. The third kappa shape index (κ3) is 3.70. The molecule has 1 aliphatic rings. The van der Waals surface area contributed by atoms with E-state index >= 15 is 0 Å². The summed E-state index contributed by atoms with van der Waals surface area (Å²) < 4.78 is 13.0. The zero-order valence-electron chi connectivity index (χ0n) is 11.4. The van der Waals surface area contributed by atoms with Crippen LogP contribution in [0.15, 0.2) is 18.2 Å². The van der Waals surface area contributed by atoms with E-state index in [4.69, 9.17) is 17.3 Å². The van der Waals surface area contributed by atoms with Gasteiger partial charge in [0.1, 0.15) is 5.82 Å². The summed E-state index contributed by atoms with van der Waals surface area (Å²) in [6.07, 6.45) is 5.83. The van der Waals surface area contributed by atoms with Crippen molar-refractivity contribution in [2.24, 2.45) is 11.7 Å². The lowest BCUT2D eigenvalue weighted by atomic mass is 9.84. The van der Waals surface area contributed by atoms with Gasteiger partial charge >= 0.3 is 0 Å². The third-order valence-electron chi connectivity index (χ3n) is 3.97. The Balaban J connectivity index is 2.04. The normalized spacial score (nSPS) is 17.8. The SMILES string of the molecule is NCC(NC(=O)c1ccc(F)cc1Cl)C1CCCCC1. The molecule has 1 fully saturated rings. The summed E-state index contributed by atoms with van der Waals surface area (Å²) in [5, 5.41) is 3.07. The lowest BCUT2D eigenvalue weighted by Gasteiger charge is -2.30. The number of rotatable bonds is 4. The number of halogens is 2. The third-order valence-corrected chi connectivity index (χ3v) is 4.28. The quantitative estimate of drug-likeness (QED) is 0.897. The Morgan fingerprint density at radius 1 is 1.40 bits per heavy atom. The molecule has 0 spiro atoms. The second-order valence-electron chi connectivity index (χ2n) is 5.34. The summed E-state index contributed by atoms with van der Waals surface area (Å²) in [7, 11) is 0. The topological polar surface area (TPSA) is 55.1 Å². The van der Waals surface area contributed by atoms with E-state index in [0.717, 1.165) is 18.9 Å². The molecular weight excluding hydrogens is 279 g/mol. The zero-order chi connectivity index (χ0) is 14.5.